The number of hydrogen-bond donors (Lipinski definition) is 0. The molecule has 5 rings (SSSR count). The van der Waals surface area contributed by atoms with Crippen LogP contribution in [0.1, 0.15) is 36.8 Å². The molecule has 1 atom stereocenters. The summed E-state index contributed by atoms with van der Waals surface area (Å²) < 4.78 is 8.03. The normalized spacial score (nSPS) is 25.1. The van der Waals surface area contributed by atoms with Crippen molar-refractivity contribution < 1.29 is 9.53 Å². The van der Waals surface area contributed by atoms with Gasteiger partial charge in [0.2, 0.25) is 5.91 Å². The van der Waals surface area contributed by atoms with Crippen molar-refractivity contribution in [2.75, 3.05) is 24.5 Å². The Kier molecular flexibility index (Phi) is 4.06. The van der Waals surface area contributed by atoms with Gasteiger partial charge >= 0.3 is 0 Å². The van der Waals surface area contributed by atoms with Gasteiger partial charge in [-0.2, -0.15) is 5.10 Å². The van der Waals surface area contributed by atoms with E-state index >= 15 is 0 Å². The Morgan fingerprint density at radius 3 is 2.78 bits per heavy atom. The molecule has 1 aromatic carbocycles. The van der Waals surface area contributed by atoms with Crippen LogP contribution in [0.2, 0.25) is 0 Å². The maximum absolute atomic E-state index is 13.2. The summed E-state index contributed by atoms with van der Waals surface area (Å²) in [4.78, 5) is 17.4. The molecule has 142 valence electrons. The number of carbonyl (C=O) groups is 1. The summed E-state index contributed by atoms with van der Waals surface area (Å²) in [5, 5.41) is 4.23. The van der Waals surface area contributed by atoms with Crippen LogP contribution in [0, 0.1) is 0 Å². The van der Waals surface area contributed by atoms with Gasteiger partial charge in [-0.15, -0.1) is 0 Å². The predicted octanol–water partition coefficient (Wildman–Crippen LogP) is 2.44. The predicted molar refractivity (Wildman–Crippen MR) is 102 cm³/mol. The highest BCUT2D eigenvalue weighted by Gasteiger charge is 2.45. The van der Waals surface area contributed by atoms with Gasteiger partial charge in [0.15, 0.2) is 0 Å². The fourth-order valence-electron chi connectivity index (χ4n) is 4.99. The number of aryl methyl sites for hydroxylation is 1. The number of hydrogen-bond acceptors (Lipinski definition) is 4. The van der Waals surface area contributed by atoms with Crippen molar-refractivity contribution in [1.82, 2.24) is 14.7 Å². The highest BCUT2D eigenvalue weighted by atomic mass is 16.5. The van der Waals surface area contributed by atoms with Crippen molar-refractivity contribution >= 4 is 11.6 Å². The van der Waals surface area contributed by atoms with Gasteiger partial charge < -0.3 is 9.64 Å². The third kappa shape index (κ3) is 2.78. The fraction of sp³-hybridized carbons (Fsp3) is 0.524. The Labute approximate surface area is 159 Å². The molecule has 1 amide bonds. The van der Waals surface area contributed by atoms with Crippen LogP contribution >= 0.6 is 0 Å². The second kappa shape index (κ2) is 6.46. The summed E-state index contributed by atoms with van der Waals surface area (Å²) in [6.07, 6.45) is 7.61. The Hall–Kier alpha value is -2.18. The topological polar surface area (TPSA) is 50.6 Å². The molecule has 1 spiro atoms. The number of rotatable bonds is 2. The standard InChI is InChI=1S/C21H26N4O2/c1-23-14-17(13-22-23)25-10-4-7-19(20(25)26)24-11-8-21(9-12-24)18-6-3-2-5-16(18)15-27-21/h2-3,5-6,13-14,19H,4,7-12,15H2,1H3. The van der Waals surface area contributed by atoms with Crippen LogP contribution in [-0.4, -0.2) is 46.3 Å². The van der Waals surface area contributed by atoms with Crippen LogP contribution in [0.5, 0.6) is 0 Å². The van der Waals surface area contributed by atoms with Gasteiger partial charge in [0.1, 0.15) is 0 Å². The summed E-state index contributed by atoms with van der Waals surface area (Å²) in [6.45, 7) is 3.32. The molecule has 0 radical (unpaired) electrons. The number of anilines is 1. The second-order valence-electron chi connectivity index (χ2n) is 8.00. The molecule has 0 saturated carbocycles. The lowest BCUT2D eigenvalue weighted by Crippen LogP contribution is -2.56. The van der Waals surface area contributed by atoms with Crippen molar-refractivity contribution in [3.8, 4) is 0 Å². The van der Waals surface area contributed by atoms with E-state index in [0.717, 1.165) is 51.0 Å². The summed E-state index contributed by atoms with van der Waals surface area (Å²) >= 11 is 0. The van der Waals surface area contributed by atoms with E-state index in [-0.39, 0.29) is 17.6 Å². The van der Waals surface area contributed by atoms with Crippen molar-refractivity contribution in [1.29, 1.82) is 0 Å². The third-order valence-electron chi connectivity index (χ3n) is 6.47. The number of ether oxygens (including phenoxy) is 1. The van der Waals surface area contributed by atoms with Crippen molar-refractivity contribution in [3.63, 3.8) is 0 Å². The smallest absolute Gasteiger partial charge is 0.244 e. The average Bonchev–Trinajstić information content (AvgIpc) is 3.28. The number of amides is 1. The van der Waals surface area contributed by atoms with E-state index in [1.807, 2.05) is 18.1 Å². The molecule has 0 N–H and O–H groups in total. The zero-order chi connectivity index (χ0) is 18.4. The molecule has 3 aliphatic rings. The third-order valence-corrected chi connectivity index (χ3v) is 6.47. The number of aromatic nitrogens is 2. The highest BCUT2D eigenvalue weighted by molar-refractivity contribution is 5.97. The molecule has 27 heavy (non-hydrogen) atoms. The fourth-order valence-corrected chi connectivity index (χ4v) is 4.99. The molecular formula is C21H26N4O2. The van der Waals surface area contributed by atoms with Crippen LogP contribution in [0.15, 0.2) is 36.7 Å². The van der Waals surface area contributed by atoms with E-state index in [2.05, 4.69) is 34.3 Å². The van der Waals surface area contributed by atoms with Crippen LogP contribution in [-0.2, 0) is 28.8 Å². The van der Waals surface area contributed by atoms with Crippen LogP contribution < -0.4 is 4.90 Å². The highest BCUT2D eigenvalue weighted by Crippen LogP contribution is 2.44. The minimum absolute atomic E-state index is 0.0204. The molecule has 6 nitrogen and oxygen atoms in total. The number of carbonyl (C=O) groups excluding carboxylic acids is 1. The molecule has 0 aliphatic carbocycles. The van der Waals surface area contributed by atoms with Gasteiger partial charge in [-0.3, -0.25) is 14.4 Å². The number of piperidine rings is 2. The van der Waals surface area contributed by atoms with Gasteiger partial charge in [-0.05, 0) is 36.8 Å². The Morgan fingerprint density at radius 2 is 2.00 bits per heavy atom. The Bertz CT molecular complexity index is 853. The van der Waals surface area contributed by atoms with Crippen LogP contribution in [0.25, 0.3) is 0 Å². The van der Waals surface area contributed by atoms with Crippen LogP contribution in [0.3, 0.4) is 0 Å². The maximum atomic E-state index is 13.2. The van der Waals surface area contributed by atoms with Gasteiger partial charge in [0, 0.05) is 32.9 Å². The monoisotopic (exact) mass is 366 g/mol. The van der Waals surface area contributed by atoms with Crippen molar-refractivity contribution in [2.45, 2.75) is 43.9 Å². The van der Waals surface area contributed by atoms with Gasteiger partial charge in [0.05, 0.1) is 30.1 Å². The molecule has 2 saturated heterocycles. The Morgan fingerprint density at radius 1 is 1.19 bits per heavy atom. The first-order valence-electron chi connectivity index (χ1n) is 9.93. The zero-order valence-corrected chi connectivity index (χ0v) is 15.8. The molecule has 2 fully saturated rings. The molecule has 2 aromatic rings. The zero-order valence-electron chi connectivity index (χ0n) is 15.8. The number of nitrogens with zero attached hydrogens (tertiary/aromatic N) is 4. The second-order valence-corrected chi connectivity index (χ2v) is 8.00. The first kappa shape index (κ1) is 17.0. The number of likely N-dealkylation sites (tertiary alicyclic amines) is 1. The molecular weight excluding hydrogens is 340 g/mol. The van der Waals surface area contributed by atoms with Gasteiger partial charge in [0.25, 0.3) is 0 Å². The van der Waals surface area contributed by atoms with Gasteiger partial charge in [-0.1, -0.05) is 24.3 Å². The SMILES string of the molecule is Cn1cc(N2CCCC(N3CCC4(CC3)OCc3ccccc34)C2=O)cn1. The van der Waals surface area contributed by atoms with E-state index in [9.17, 15) is 4.79 Å². The van der Waals surface area contributed by atoms with E-state index in [1.54, 1.807) is 10.9 Å². The minimum atomic E-state index is -0.145. The van der Waals surface area contributed by atoms with Crippen molar-refractivity contribution in [2.24, 2.45) is 7.05 Å². The molecule has 4 heterocycles. The molecule has 1 aromatic heterocycles. The first-order chi connectivity index (χ1) is 13.2. The lowest BCUT2D eigenvalue weighted by Gasteiger charge is -2.44. The summed E-state index contributed by atoms with van der Waals surface area (Å²) in [6, 6.07) is 8.57. The molecule has 1 unspecified atom stereocenters. The quantitative estimate of drug-likeness (QED) is 0.819. The summed E-state index contributed by atoms with van der Waals surface area (Å²) in [5.41, 5.74) is 3.45. The summed E-state index contributed by atoms with van der Waals surface area (Å²) in [7, 11) is 1.89. The van der Waals surface area contributed by atoms with E-state index in [1.165, 1.54) is 11.1 Å². The number of fused-ring (bicyclic) bond motifs is 2. The lowest BCUT2D eigenvalue weighted by atomic mass is 9.83. The van der Waals surface area contributed by atoms with Gasteiger partial charge in [-0.25, -0.2) is 0 Å². The first-order valence-corrected chi connectivity index (χ1v) is 9.93. The maximum Gasteiger partial charge on any atom is 0.244 e. The van der Waals surface area contributed by atoms with Crippen LogP contribution in [0.4, 0.5) is 5.69 Å². The lowest BCUT2D eigenvalue weighted by molar-refractivity contribution is -0.129. The van der Waals surface area contributed by atoms with E-state index in [0.29, 0.717) is 6.61 Å². The van der Waals surface area contributed by atoms with E-state index in [4.69, 9.17) is 4.74 Å². The Balaban J connectivity index is 1.30. The summed E-state index contributed by atoms with van der Waals surface area (Å²) in [5.74, 6) is 0.220. The molecule has 6 heteroatoms. The number of benzene rings is 1. The average molecular weight is 366 g/mol. The van der Waals surface area contributed by atoms with E-state index < -0.39 is 0 Å². The molecule has 0 bridgehead atoms. The largest absolute Gasteiger partial charge is 0.365 e. The minimum Gasteiger partial charge on any atom is -0.365 e. The molecule has 3 aliphatic heterocycles. The van der Waals surface area contributed by atoms with Crippen molar-refractivity contribution in [3.05, 3.63) is 47.8 Å².